The van der Waals surface area contributed by atoms with Crippen LogP contribution in [0, 0.1) is 6.92 Å². The van der Waals surface area contributed by atoms with Crippen molar-refractivity contribution in [2.24, 2.45) is 0 Å². The molecular formula is C20H24N6O. The number of aryl methyl sites for hydroxylation is 2. The number of nitrogens with zero attached hydrogens (tertiary/aromatic N) is 5. The molecule has 27 heavy (non-hydrogen) atoms. The SMILES string of the molecule is Cc1ccc(-c2cn[nH]c2[C@@H]2CCCN(C(=O)CCn3cncn3)C2)cc1. The first-order valence-corrected chi connectivity index (χ1v) is 9.41. The minimum Gasteiger partial charge on any atom is -0.342 e. The molecule has 4 rings (SSSR count). The molecule has 0 bridgehead atoms. The molecule has 140 valence electrons. The topological polar surface area (TPSA) is 79.7 Å². The number of amides is 1. The number of carbonyl (C=O) groups excluding carboxylic acids is 1. The lowest BCUT2D eigenvalue weighted by molar-refractivity contribution is -0.132. The number of carbonyl (C=O) groups is 1. The summed E-state index contributed by atoms with van der Waals surface area (Å²) in [6.45, 7) is 4.21. The molecule has 2 aromatic heterocycles. The van der Waals surface area contributed by atoms with Crippen LogP contribution in [0.3, 0.4) is 0 Å². The summed E-state index contributed by atoms with van der Waals surface area (Å²) >= 11 is 0. The third kappa shape index (κ3) is 3.92. The number of piperidine rings is 1. The number of hydrogen-bond acceptors (Lipinski definition) is 4. The van der Waals surface area contributed by atoms with E-state index in [2.05, 4.69) is 51.5 Å². The Morgan fingerprint density at radius 3 is 2.93 bits per heavy atom. The van der Waals surface area contributed by atoms with Gasteiger partial charge in [0.15, 0.2) is 0 Å². The van der Waals surface area contributed by atoms with Crippen LogP contribution in [0.2, 0.25) is 0 Å². The van der Waals surface area contributed by atoms with Gasteiger partial charge in [-0.05, 0) is 25.3 Å². The standard InChI is InChI=1S/C20H24N6O/c1-15-4-6-16(7-5-15)18-11-22-24-20(18)17-3-2-9-25(12-17)19(27)8-10-26-14-21-13-23-26/h4-7,11,13-14,17H,2-3,8-10,12H2,1H3,(H,22,24)/t17-/m1/s1. The maximum absolute atomic E-state index is 12.6. The molecule has 1 fully saturated rings. The zero-order chi connectivity index (χ0) is 18.6. The van der Waals surface area contributed by atoms with Gasteiger partial charge in [0.25, 0.3) is 0 Å². The summed E-state index contributed by atoms with van der Waals surface area (Å²) in [7, 11) is 0. The summed E-state index contributed by atoms with van der Waals surface area (Å²) in [5, 5.41) is 11.5. The fraction of sp³-hybridized carbons (Fsp3) is 0.400. The molecule has 3 heterocycles. The highest BCUT2D eigenvalue weighted by Gasteiger charge is 2.27. The molecular weight excluding hydrogens is 340 g/mol. The summed E-state index contributed by atoms with van der Waals surface area (Å²) in [4.78, 5) is 18.5. The number of hydrogen-bond donors (Lipinski definition) is 1. The van der Waals surface area contributed by atoms with E-state index in [9.17, 15) is 4.79 Å². The first-order chi connectivity index (χ1) is 13.2. The summed E-state index contributed by atoms with van der Waals surface area (Å²) in [5.41, 5.74) is 4.68. The van der Waals surface area contributed by atoms with Gasteiger partial charge < -0.3 is 4.90 Å². The van der Waals surface area contributed by atoms with Gasteiger partial charge in [-0.15, -0.1) is 0 Å². The summed E-state index contributed by atoms with van der Waals surface area (Å²) in [6, 6.07) is 8.50. The highest BCUT2D eigenvalue weighted by atomic mass is 16.2. The fourth-order valence-corrected chi connectivity index (χ4v) is 3.73. The average Bonchev–Trinajstić information content (AvgIpc) is 3.39. The van der Waals surface area contributed by atoms with Gasteiger partial charge in [-0.25, -0.2) is 4.98 Å². The van der Waals surface area contributed by atoms with E-state index in [1.807, 2.05) is 11.1 Å². The second-order valence-corrected chi connectivity index (χ2v) is 7.15. The minimum absolute atomic E-state index is 0.173. The number of aromatic nitrogens is 5. The zero-order valence-corrected chi connectivity index (χ0v) is 15.5. The molecule has 1 aliphatic rings. The van der Waals surface area contributed by atoms with Crippen molar-refractivity contribution in [1.29, 1.82) is 0 Å². The van der Waals surface area contributed by atoms with Gasteiger partial charge >= 0.3 is 0 Å². The lowest BCUT2D eigenvalue weighted by Crippen LogP contribution is -2.39. The number of aromatic amines is 1. The third-order valence-corrected chi connectivity index (χ3v) is 5.24. The Balaban J connectivity index is 1.45. The Morgan fingerprint density at radius 1 is 1.30 bits per heavy atom. The Hall–Kier alpha value is -2.96. The molecule has 1 aromatic carbocycles. The zero-order valence-electron chi connectivity index (χ0n) is 15.5. The van der Waals surface area contributed by atoms with Crippen molar-refractivity contribution in [3.8, 4) is 11.1 Å². The molecule has 7 heteroatoms. The number of H-pyrrole nitrogens is 1. The van der Waals surface area contributed by atoms with Crippen molar-refractivity contribution in [2.75, 3.05) is 13.1 Å². The maximum Gasteiger partial charge on any atom is 0.224 e. The summed E-state index contributed by atoms with van der Waals surface area (Å²) < 4.78 is 1.70. The molecule has 0 aliphatic carbocycles. The Bertz CT molecular complexity index is 884. The molecule has 7 nitrogen and oxygen atoms in total. The van der Waals surface area contributed by atoms with E-state index in [4.69, 9.17) is 0 Å². The van der Waals surface area contributed by atoms with Crippen molar-refractivity contribution in [3.05, 3.63) is 54.4 Å². The Morgan fingerprint density at radius 2 is 2.15 bits per heavy atom. The lowest BCUT2D eigenvalue weighted by atomic mass is 9.90. The monoisotopic (exact) mass is 364 g/mol. The first kappa shape index (κ1) is 17.5. The van der Waals surface area contributed by atoms with Crippen LogP contribution < -0.4 is 0 Å². The third-order valence-electron chi connectivity index (χ3n) is 5.24. The maximum atomic E-state index is 12.6. The van der Waals surface area contributed by atoms with Crippen LogP contribution in [-0.2, 0) is 11.3 Å². The van der Waals surface area contributed by atoms with Gasteiger partial charge in [0.05, 0.1) is 12.7 Å². The molecule has 0 unspecified atom stereocenters. The summed E-state index contributed by atoms with van der Waals surface area (Å²) in [5.74, 6) is 0.458. The quantitative estimate of drug-likeness (QED) is 0.755. The second kappa shape index (κ2) is 7.73. The van der Waals surface area contributed by atoms with Crippen molar-refractivity contribution in [2.45, 2.75) is 38.6 Å². The van der Waals surface area contributed by atoms with Gasteiger partial charge in [0, 0.05) is 36.7 Å². The second-order valence-electron chi connectivity index (χ2n) is 7.15. The average molecular weight is 364 g/mol. The van der Waals surface area contributed by atoms with Crippen molar-refractivity contribution < 1.29 is 4.79 Å². The van der Waals surface area contributed by atoms with Crippen LogP contribution in [0.15, 0.2) is 43.1 Å². The lowest BCUT2D eigenvalue weighted by Gasteiger charge is -2.33. The molecule has 1 saturated heterocycles. The molecule has 0 radical (unpaired) electrons. The molecule has 1 aliphatic heterocycles. The Labute approximate surface area is 158 Å². The molecule has 1 N–H and O–H groups in total. The van der Waals surface area contributed by atoms with Crippen molar-refractivity contribution >= 4 is 5.91 Å². The number of rotatable bonds is 5. The van der Waals surface area contributed by atoms with E-state index in [-0.39, 0.29) is 11.8 Å². The molecule has 3 aromatic rings. The molecule has 1 amide bonds. The van der Waals surface area contributed by atoms with Crippen LogP contribution >= 0.6 is 0 Å². The van der Waals surface area contributed by atoms with Gasteiger partial charge in [0.1, 0.15) is 12.7 Å². The van der Waals surface area contributed by atoms with Crippen molar-refractivity contribution in [1.82, 2.24) is 29.9 Å². The van der Waals surface area contributed by atoms with E-state index in [1.165, 1.54) is 17.5 Å². The molecule has 0 spiro atoms. The van der Waals surface area contributed by atoms with Gasteiger partial charge in [-0.1, -0.05) is 29.8 Å². The first-order valence-electron chi connectivity index (χ1n) is 9.41. The van der Waals surface area contributed by atoms with Crippen LogP contribution in [0.4, 0.5) is 0 Å². The van der Waals surface area contributed by atoms with Crippen LogP contribution in [-0.4, -0.2) is 48.9 Å². The predicted molar refractivity (Wildman–Crippen MR) is 102 cm³/mol. The van der Waals surface area contributed by atoms with E-state index in [1.54, 1.807) is 11.0 Å². The number of benzene rings is 1. The highest BCUT2D eigenvalue weighted by molar-refractivity contribution is 5.76. The van der Waals surface area contributed by atoms with Gasteiger partial charge in [-0.2, -0.15) is 10.2 Å². The number of nitrogens with one attached hydrogen (secondary N) is 1. The normalized spacial score (nSPS) is 17.2. The fourth-order valence-electron chi connectivity index (χ4n) is 3.73. The van der Waals surface area contributed by atoms with E-state index >= 15 is 0 Å². The van der Waals surface area contributed by atoms with Gasteiger partial charge in [0.2, 0.25) is 5.91 Å². The van der Waals surface area contributed by atoms with E-state index in [0.717, 1.165) is 37.2 Å². The van der Waals surface area contributed by atoms with Crippen LogP contribution in [0.5, 0.6) is 0 Å². The molecule has 1 atom stereocenters. The highest BCUT2D eigenvalue weighted by Crippen LogP contribution is 2.33. The van der Waals surface area contributed by atoms with Crippen LogP contribution in [0.1, 0.15) is 36.4 Å². The molecule has 0 saturated carbocycles. The predicted octanol–water partition coefficient (Wildman–Crippen LogP) is 2.77. The smallest absolute Gasteiger partial charge is 0.224 e. The van der Waals surface area contributed by atoms with E-state index < -0.39 is 0 Å². The van der Waals surface area contributed by atoms with Crippen molar-refractivity contribution in [3.63, 3.8) is 0 Å². The minimum atomic E-state index is 0.173. The number of likely N-dealkylation sites (tertiary alicyclic amines) is 1. The van der Waals surface area contributed by atoms with Crippen LogP contribution in [0.25, 0.3) is 11.1 Å². The largest absolute Gasteiger partial charge is 0.342 e. The van der Waals surface area contributed by atoms with Gasteiger partial charge in [-0.3, -0.25) is 14.6 Å². The summed E-state index contributed by atoms with van der Waals surface area (Å²) in [6.07, 6.45) is 7.55. The van der Waals surface area contributed by atoms with E-state index in [0.29, 0.717) is 13.0 Å². The Kier molecular flexibility index (Phi) is 5.00.